The first-order valence-corrected chi connectivity index (χ1v) is 9.00. The molecule has 0 radical (unpaired) electrons. The van der Waals surface area contributed by atoms with Crippen molar-refractivity contribution in [1.82, 2.24) is 5.32 Å². The average Bonchev–Trinajstić information content (AvgIpc) is 2.58. The SMILES string of the molecule is CCC(NC(=O)COc1ccccc1C(C)C)c1ccc(C)cc1C. The van der Waals surface area contributed by atoms with Crippen LogP contribution in [0, 0.1) is 13.8 Å². The Hall–Kier alpha value is -2.29. The van der Waals surface area contributed by atoms with Gasteiger partial charge in [-0.25, -0.2) is 0 Å². The van der Waals surface area contributed by atoms with Gasteiger partial charge >= 0.3 is 0 Å². The van der Waals surface area contributed by atoms with Gasteiger partial charge in [-0.1, -0.05) is 62.7 Å². The maximum absolute atomic E-state index is 12.4. The molecule has 2 aromatic rings. The Morgan fingerprint density at radius 1 is 1.08 bits per heavy atom. The molecule has 0 aliphatic carbocycles. The minimum absolute atomic E-state index is 0.0112. The standard InChI is InChI=1S/C22H29NO2/c1-6-20(19-12-11-16(4)13-17(19)5)23-22(24)14-25-21-10-8-7-9-18(21)15(2)3/h7-13,15,20H,6,14H2,1-5H3,(H,23,24). The fraction of sp³-hybridized carbons (Fsp3) is 0.409. The molecule has 0 fully saturated rings. The van der Waals surface area contributed by atoms with Crippen LogP contribution < -0.4 is 10.1 Å². The molecule has 1 N–H and O–H groups in total. The molecule has 2 rings (SSSR count). The second kappa shape index (κ2) is 8.70. The van der Waals surface area contributed by atoms with Gasteiger partial charge in [-0.15, -0.1) is 0 Å². The van der Waals surface area contributed by atoms with Crippen molar-refractivity contribution in [3.63, 3.8) is 0 Å². The van der Waals surface area contributed by atoms with Crippen LogP contribution in [0.3, 0.4) is 0 Å². The number of nitrogens with one attached hydrogen (secondary N) is 1. The van der Waals surface area contributed by atoms with E-state index < -0.39 is 0 Å². The highest BCUT2D eigenvalue weighted by molar-refractivity contribution is 5.78. The Balaban J connectivity index is 2.01. The van der Waals surface area contributed by atoms with E-state index >= 15 is 0 Å². The highest BCUT2D eigenvalue weighted by Gasteiger charge is 2.16. The molecule has 0 aliphatic rings. The van der Waals surface area contributed by atoms with E-state index in [1.807, 2.05) is 24.3 Å². The van der Waals surface area contributed by atoms with Gasteiger partial charge in [0, 0.05) is 0 Å². The molecule has 25 heavy (non-hydrogen) atoms. The summed E-state index contributed by atoms with van der Waals surface area (Å²) in [6.07, 6.45) is 0.845. The maximum atomic E-state index is 12.4. The predicted molar refractivity (Wildman–Crippen MR) is 103 cm³/mol. The van der Waals surface area contributed by atoms with Gasteiger partial charge in [0.1, 0.15) is 5.75 Å². The van der Waals surface area contributed by atoms with Gasteiger partial charge in [0.15, 0.2) is 6.61 Å². The van der Waals surface area contributed by atoms with Crippen molar-refractivity contribution in [2.75, 3.05) is 6.61 Å². The Kier molecular flexibility index (Phi) is 6.63. The van der Waals surface area contributed by atoms with Crippen LogP contribution in [0.5, 0.6) is 5.75 Å². The molecule has 0 spiro atoms. The van der Waals surface area contributed by atoms with Gasteiger partial charge in [-0.3, -0.25) is 4.79 Å². The summed E-state index contributed by atoms with van der Waals surface area (Å²) in [4.78, 5) is 12.4. The van der Waals surface area contributed by atoms with Crippen molar-refractivity contribution in [2.24, 2.45) is 0 Å². The smallest absolute Gasteiger partial charge is 0.258 e. The lowest BCUT2D eigenvalue weighted by Gasteiger charge is -2.20. The zero-order chi connectivity index (χ0) is 18.4. The molecule has 0 aliphatic heterocycles. The van der Waals surface area contributed by atoms with Gasteiger partial charge in [0.2, 0.25) is 0 Å². The van der Waals surface area contributed by atoms with Gasteiger partial charge in [0.05, 0.1) is 6.04 Å². The fourth-order valence-electron chi connectivity index (χ4n) is 3.08. The van der Waals surface area contributed by atoms with E-state index in [1.54, 1.807) is 0 Å². The van der Waals surface area contributed by atoms with E-state index in [0.29, 0.717) is 5.92 Å². The number of carbonyl (C=O) groups excluding carboxylic acids is 1. The van der Waals surface area contributed by atoms with Gasteiger partial charge in [0.25, 0.3) is 5.91 Å². The molecule has 1 unspecified atom stereocenters. The van der Waals surface area contributed by atoms with Crippen molar-refractivity contribution < 1.29 is 9.53 Å². The molecule has 0 heterocycles. The summed E-state index contributed by atoms with van der Waals surface area (Å²) in [6.45, 7) is 10.5. The number of benzene rings is 2. The monoisotopic (exact) mass is 339 g/mol. The summed E-state index contributed by atoms with van der Waals surface area (Å²) >= 11 is 0. The van der Waals surface area contributed by atoms with Crippen LogP contribution in [0.15, 0.2) is 42.5 Å². The highest BCUT2D eigenvalue weighted by Crippen LogP contribution is 2.26. The first-order chi connectivity index (χ1) is 11.9. The third kappa shape index (κ3) is 5.09. The number of aryl methyl sites for hydroxylation is 2. The van der Waals surface area contributed by atoms with Gasteiger partial charge < -0.3 is 10.1 Å². The molecule has 1 atom stereocenters. The van der Waals surface area contributed by atoms with Gasteiger partial charge in [-0.05, 0) is 48.9 Å². The lowest BCUT2D eigenvalue weighted by molar-refractivity contribution is -0.123. The number of carbonyl (C=O) groups is 1. The second-order valence-corrected chi connectivity index (χ2v) is 6.87. The average molecular weight is 339 g/mol. The summed E-state index contributed by atoms with van der Waals surface area (Å²) < 4.78 is 5.78. The van der Waals surface area contributed by atoms with E-state index in [1.165, 1.54) is 16.7 Å². The summed E-state index contributed by atoms with van der Waals surface area (Å²) in [5, 5.41) is 3.10. The molecule has 1 amide bonds. The van der Waals surface area contributed by atoms with Crippen LogP contribution in [0.2, 0.25) is 0 Å². The molecular weight excluding hydrogens is 310 g/mol. The molecule has 0 saturated carbocycles. The first-order valence-electron chi connectivity index (χ1n) is 9.00. The van der Waals surface area contributed by atoms with Crippen molar-refractivity contribution >= 4 is 5.91 Å². The number of para-hydroxylation sites is 1. The Labute approximate surface area is 151 Å². The Bertz CT molecular complexity index is 722. The van der Waals surface area contributed by atoms with Crippen molar-refractivity contribution in [3.8, 4) is 5.75 Å². The number of rotatable bonds is 7. The second-order valence-electron chi connectivity index (χ2n) is 6.87. The van der Waals surface area contributed by atoms with Crippen LogP contribution in [-0.2, 0) is 4.79 Å². The maximum Gasteiger partial charge on any atom is 0.258 e. The predicted octanol–water partition coefficient (Wildman–Crippen LogP) is 5.07. The summed E-state index contributed by atoms with van der Waals surface area (Å²) in [6, 6.07) is 14.3. The zero-order valence-corrected chi connectivity index (χ0v) is 15.9. The third-order valence-corrected chi connectivity index (χ3v) is 4.44. The topological polar surface area (TPSA) is 38.3 Å². The molecule has 3 heteroatoms. The van der Waals surface area contributed by atoms with Crippen LogP contribution >= 0.6 is 0 Å². The molecule has 3 nitrogen and oxygen atoms in total. The fourth-order valence-corrected chi connectivity index (χ4v) is 3.08. The lowest BCUT2D eigenvalue weighted by Crippen LogP contribution is -2.32. The zero-order valence-electron chi connectivity index (χ0n) is 15.9. The van der Waals surface area contributed by atoms with Crippen LogP contribution in [-0.4, -0.2) is 12.5 Å². The van der Waals surface area contributed by atoms with E-state index in [2.05, 4.69) is 58.1 Å². The van der Waals surface area contributed by atoms with Crippen molar-refractivity contribution in [3.05, 3.63) is 64.7 Å². The van der Waals surface area contributed by atoms with E-state index in [-0.39, 0.29) is 18.6 Å². The number of ether oxygens (including phenoxy) is 1. The largest absolute Gasteiger partial charge is 0.483 e. The Morgan fingerprint density at radius 2 is 1.80 bits per heavy atom. The van der Waals surface area contributed by atoms with Crippen LogP contribution in [0.4, 0.5) is 0 Å². The molecule has 134 valence electrons. The third-order valence-electron chi connectivity index (χ3n) is 4.44. The lowest BCUT2D eigenvalue weighted by atomic mass is 9.97. The number of amides is 1. The highest BCUT2D eigenvalue weighted by atomic mass is 16.5. The summed E-state index contributed by atoms with van der Waals surface area (Å²) in [5.41, 5.74) is 4.73. The van der Waals surface area contributed by atoms with E-state index in [9.17, 15) is 4.79 Å². The van der Waals surface area contributed by atoms with E-state index in [0.717, 1.165) is 17.7 Å². The van der Waals surface area contributed by atoms with E-state index in [4.69, 9.17) is 4.74 Å². The molecule has 0 aromatic heterocycles. The number of hydrogen-bond donors (Lipinski definition) is 1. The quantitative estimate of drug-likeness (QED) is 0.764. The van der Waals surface area contributed by atoms with Crippen molar-refractivity contribution in [1.29, 1.82) is 0 Å². The van der Waals surface area contributed by atoms with Crippen molar-refractivity contribution in [2.45, 2.75) is 53.0 Å². The summed E-state index contributed by atoms with van der Waals surface area (Å²) in [5.74, 6) is 1.05. The minimum Gasteiger partial charge on any atom is -0.483 e. The Morgan fingerprint density at radius 3 is 2.44 bits per heavy atom. The minimum atomic E-state index is -0.0922. The molecule has 0 bridgehead atoms. The van der Waals surface area contributed by atoms with Crippen LogP contribution in [0.1, 0.15) is 61.4 Å². The molecule has 2 aromatic carbocycles. The normalized spacial score (nSPS) is 12.1. The molecular formula is C22H29NO2. The molecule has 0 saturated heterocycles. The first kappa shape index (κ1) is 19.0. The van der Waals surface area contributed by atoms with Crippen LogP contribution in [0.25, 0.3) is 0 Å². The number of hydrogen-bond acceptors (Lipinski definition) is 2. The van der Waals surface area contributed by atoms with Gasteiger partial charge in [-0.2, -0.15) is 0 Å². The summed E-state index contributed by atoms with van der Waals surface area (Å²) in [7, 11) is 0.